The van der Waals surface area contributed by atoms with Crippen LogP contribution in [0.5, 0.6) is 0 Å². The fourth-order valence-corrected chi connectivity index (χ4v) is 2.92. The summed E-state index contributed by atoms with van der Waals surface area (Å²) < 4.78 is 41.2. The van der Waals surface area contributed by atoms with Gasteiger partial charge in [-0.25, -0.2) is 16.8 Å². The first-order valence-electron chi connectivity index (χ1n) is 1.55. The van der Waals surface area contributed by atoms with Gasteiger partial charge in [-0.3, -0.25) is 0 Å². The molecule has 0 aromatic carbocycles. The van der Waals surface area contributed by atoms with Crippen molar-refractivity contribution in [3.8, 4) is 0 Å². The van der Waals surface area contributed by atoms with Crippen LogP contribution in [0.15, 0.2) is 0 Å². The molecule has 1 aliphatic rings. The number of rotatable bonds is 0. The molecule has 0 aromatic heterocycles. The minimum atomic E-state index is -3.55. The normalized spacial score (nSPS) is 30.0. The smallest absolute Gasteiger partial charge is 0.224 e. The Morgan fingerprint density at radius 1 is 1.00 bits per heavy atom. The molecule has 1 N–H and O–H groups in total. The summed E-state index contributed by atoms with van der Waals surface area (Å²) in [6.07, 6.45) is 0. The molecule has 45 valence electrons. The standard InChI is InChI=1S/BHNO4S2/c3-7(4)1-8(5,6)2-7/h2H. The van der Waals surface area contributed by atoms with Crippen molar-refractivity contribution in [2.45, 2.75) is 0 Å². The molecule has 0 unspecified atom stereocenters. The molecule has 0 aliphatic carbocycles. The molecule has 1 radical (unpaired) electrons. The molecular formula is HBNO4S2. The van der Waals surface area contributed by atoms with Gasteiger partial charge in [-0.2, -0.15) is 0 Å². The first kappa shape index (κ1) is 6.05. The second kappa shape index (κ2) is 1.25. The highest BCUT2D eigenvalue weighted by Crippen LogP contribution is 2.01. The number of nitrogens with one attached hydrogen (secondary N) is 1. The van der Waals surface area contributed by atoms with Crippen LogP contribution in [0.2, 0.25) is 0 Å². The summed E-state index contributed by atoms with van der Waals surface area (Å²) in [7, 11) is -7.10. The van der Waals surface area contributed by atoms with Crippen molar-refractivity contribution in [1.29, 1.82) is 0 Å². The van der Waals surface area contributed by atoms with Crippen molar-refractivity contribution in [1.82, 2.24) is 4.13 Å². The van der Waals surface area contributed by atoms with E-state index >= 15 is 0 Å². The van der Waals surface area contributed by atoms with Gasteiger partial charge in [-0.05, 0) is 0 Å². The average Bonchev–Trinajstić information content (AvgIpc) is 1.20. The molecular weight excluding hydrogens is 153 g/mol. The van der Waals surface area contributed by atoms with Crippen molar-refractivity contribution < 1.29 is 16.8 Å². The minimum absolute atomic E-state index is 0.264. The Morgan fingerprint density at radius 3 is 1.25 bits per heavy atom. The molecule has 1 rings (SSSR count). The van der Waals surface area contributed by atoms with Crippen LogP contribution < -0.4 is 4.13 Å². The van der Waals surface area contributed by atoms with E-state index in [9.17, 15) is 16.8 Å². The Balaban J connectivity index is 3.00. The highest BCUT2D eigenvalue weighted by molar-refractivity contribution is 8.53. The Kier molecular flexibility index (Phi) is 0.948. The second-order valence-corrected chi connectivity index (χ2v) is 4.89. The van der Waals surface area contributed by atoms with E-state index in [1.165, 1.54) is 4.13 Å². The molecule has 8 heavy (non-hydrogen) atoms. The second-order valence-electron chi connectivity index (χ2n) is 1.27. The van der Waals surface area contributed by atoms with Gasteiger partial charge in [0.2, 0.25) is 0 Å². The molecule has 1 saturated heterocycles. The Hall–Kier alpha value is -0.0751. The summed E-state index contributed by atoms with van der Waals surface area (Å²) in [4.78, 5) is 0. The Labute approximate surface area is 47.2 Å². The van der Waals surface area contributed by atoms with Gasteiger partial charge in [-0.1, -0.05) is 0 Å². The van der Waals surface area contributed by atoms with Crippen molar-refractivity contribution >= 4 is 25.6 Å². The highest BCUT2D eigenvalue weighted by atomic mass is 32.3. The van der Waals surface area contributed by atoms with E-state index in [1.54, 1.807) is 0 Å². The zero-order valence-electron chi connectivity index (χ0n) is 3.53. The van der Waals surface area contributed by atoms with E-state index in [-0.39, 0.29) is 5.84 Å². The van der Waals surface area contributed by atoms with Crippen molar-refractivity contribution in [3.05, 3.63) is 0 Å². The summed E-state index contributed by atoms with van der Waals surface area (Å²) in [6.45, 7) is 0. The zero-order chi connectivity index (χ0) is 6.41. The van der Waals surface area contributed by atoms with Crippen molar-refractivity contribution in [2.75, 3.05) is 0 Å². The van der Waals surface area contributed by atoms with Gasteiger partial charge in [0.05, 0.1) is 0 Å². The maximum Gasteiger partial charge on any atom is 0.482 e. The van der Waals surface area contributed by atoms with Gasteiger partial charge < -0.3 is 0 Å². The predicted octanol–water partition coefficient (Wildman–Crippen LogP) is -2.22. The quantitative estimate of drug-likeness (QED) is 0.401. The number of hydrogen-bond acceptors (Lipinski definition) is 4. The van der Waals surface area contributed by atoms with Crippen LogP contribution in [0.3, 0.4) is 0 Å². The maximum absolute atomic E-state index is 9.96. The van der Waals surface area contributed by atoms with Gasteiger partial charge in [0, 0.05) is 0 Å². The Morgan fingerprint density at radius 2 is 1.25 bits per heavy atom. The SMILES string of the molecule is O=S1(=O)[B]S(=O)(=O)N1. The minimum Gasteiger partial charge on any atom is -0.224 e. The summed E-state index contributed by atoms with van der Waals surface area (Å²) in [5.41, 5.74) is 0. The van der Waals surface area contributed by atoms with Gasteiger partial charge >= 0.3 is 5.84 Å². The van der Waals surface area contributed by atoms with E-state index in [2.05, 4.69) is 0 Å². The van der Waals surface area contributed by atoms with E-state index < -0.39 is 19.7 Å². The molecule has 0 bridgehead atoms. The fourth-order valence-electron chi connectivity index (χ4n) is 0.325. The van der Waals surface area contributed by atoms with Crippen LogP contribution in [0.25, 0.3) is 0 Å². The third-order valence-corrected chi connectivity index (χ3v) is 4.37. The first-order valence-corrected chi connectivity index (χ1v) is 4.64. The molecule has 1 heterocycles. The van der Waals surface area contributed by atoms with E-state index in [0.717, 1.165) is 0 Å². The first-order chi connectivity index (χ1) is 3.41. The summed E-state index contributed by atoms with van der Waals surface area (Å²) >= 11 is 0. The van der Waals surface area contributed by atoms with E-state index in [4.69, 9.17) is 0 Å². The molecule has 8 heteroatoms. The summed E-state index contributed by atoms with van der Waals surface area (Å²) in [5.74, 6) is 0.264. The van der Waals surface area contributed by atoms with Crippen molar-refractivity contribution in [3.63, 3.8) is 0 Å². The molecule has 0 amide bonds. The molecule has 5 nitrogen and oxygen atoms in total. The van der Waals surface area contributed by atoms with Crippen LogP contribution >= 0.6 is 0 Å². The number of hydrogen-bond donors (Lipinski definition) is 1. The van der Waals surface area contributed by atoms with Crippen LogP contribution in [0.1, 0.15) is 0 Å². The van der Waals surface area contributed by atoms with Gasteiger partial charge in [-0.15, -0.1) is 4.13 Å². The van der Waals surface area contributed by atoms with E-state index in [1.807, 2.05) is 0 Å². The summed E-state index contributed by atoms with van der Waals surface area (Å²) in [6, 6.07) is 0. The predicted molar refractivity (Wildman–Crippen MR) is 26.7 cm³/mol. The maximum atomic E-state index is 9.96. The van der Waals surface area contributed by atoms with Crippen LogP contribution in [-0.4, -0.2) is 22.7 Å². The van der Waals surface area contributed by atoms with Gasteiger partial charge in [0.1, 0.15) is 0 Å². The lowest BCUT2D eigenvalue weighted by molar-refractivity contribution is 0.586. The molecule has 0 spiro atoms. The molecule has 0 aromatic rings. The lowest BCUT2D eigenvalue weighted by Crippen LogP contribution is -2.51. The third-order valence-electron chi connectivity index (χ3n) is 0.486. The van der Waals surface area contributed by atoms with Gasteiger partial charge in [0.25, 0.3) is 0 Å². The molecule has 0 saturated carbocycles. The third kappa shape index (κ3) is 1.01. The van der Waals surface area contributed by atoms with Crippen molar-refractivity contribution in [2.24, 2.45) is 0 Å². The monoisotopic (exact) mass is 154 g/mol. The summed E-state index contributed by atoms with van der Waals surface area (Å²) in [5, 5.41) is 0. The lowest BCUT2D eigenvalue weighted by atomic mass is 10.7. The largest absolute Gasteiger partial charge is 0.482 e. The van der Waals surface area contributed by atoms with Crippen LogP contribution in [-0.2, 0) is 19.7 Å². The molecule has 1 aliphatic heterocycles. The fraction of sp³-hybridized carbons (Fsp3) is 0. The Bertz CT molecular complexity index is 234. The average molecular weight is 154 g/mol. The molecule has 0 atom stereocenters. The highest BCUT2D eigenvalue weighted by Gasteiger charge is 2.41. The van der Waals surface area contributed by atoms with Crippen LogP contribution in [0, 0.1) is 0 Å². The van der Waals surface area contributed by atoms with Gasteiger partial charge in [0.15, 0.2) is 19.7 Å². The van der Waals surface area contributed by atoms with Crippen LogP contribution in [0.4, 0.5) is 0 Å². The topological polar surface area (TPSA) is 80.3 Å². The molecule has 1 fully saturated rings. The lowest BCUT2D eigenvalue weighted by Gasteiger charge is -2.11. The van der Waals surface area contributed by atoms with E-state index in [0.29, 0.717) is 0 Å². The zero-order valence-corrected chi connectivity index (χ0v) is 5.16.